The molecule has 0 fully saturated rings. The average molecular weight is 725 g/mol. The molecule has 0 spiro atoms. The third-order valence-electron chi connectivity index (χ3n) is 11.5. The van der Waals surface area contributed by atoms with Crippen molar-refractivity contribution < 1.29 is 0 Å². The fourth-order valence-corrected chi connectivity index (χ4v) is 8.88. The van der Waals surface area contributed by atoms with Gasteiger partial charge >= 0.3 is 0 Å². The fraction of sp³-hybridized carbons (Fsp3) is 0. The monoisotopic (exact) mass is 724 g/mol. The Labute approximate surface area is 331 Å². The van der Waals surface area contributed by atoms with Gasteiger partial charge in [-0.3, -0.25) is 4.98 Å². The maximum Gasteiger partial charge on any atom is 0.0703 e. The van der Waals surface area contributed by atoms with Gasteiger partial charge in [0, 0.05) is 5.56 Å². The van der Waals surface area contributed by atoms with Gasteiger partial charge in [-0.2, -0.15) is 0 Å². The molecular weight excluding hydrogens is 689 g/mol. The Balaban J connectivity index is 1.15. The van der Waals surface area contributed by atoms with Crippen molar-refractivity contribution in [3.05, 3.63) is 219 Å². The van der Waals surface area contributed by atoms with E-state index in [-0.39, 0.29) is 0 Å². The second-order valence-electron chi connectivity index (χ2n) is 14.7. The molecule has 2 aromatic heterocycles. The summed E-state index contributed by atoms with van der Waals surface area (Å²) in [6.07, 6.45) is 2.02. The van der Waals surface area contributed by atoms with E-state index < -0.39 is 0 Å². The Bertz CT molecular complexity index is 3200. The Morgan fingerprint density at radius 3 is 1.33 bits per heavy atom. The second kappa shape index (κ2) is 13.6. The normalized spacial score (nSPS) is 11.5. The quantitative estimate of drug-likeness (QED) is 0.156. The van der Waals surface area contributed by atoms with Gasteiger partial charge in [-0.05, 0) is 107 Å². The van der Waals surface area contributed by atoms with Crippen LogP contribution in [0.1, 0.15) is 0 Å². The Morgan fingerprint density at radius 2 is 0.789 bits per heavy atom. The Hall–Kier alpha value is -7.55. The predicted octanol–water partition coefficient (Wildman–Crippen LogP) is 14.8. The highest BCUT2D eigenvalue weighted by molar-refractivity contribution is 6.25. The fourth-order valence-electron chi connectivity index (χ4n) is 8.88. The van der Waals surface area contributed by atoms with Crippen LogP contribution in [0.25, 0.3) is 105 Å². The van der Waals surface area contributed by atoms with E-state index in [0.29, 0.717) is 0 Å². The number of hydrogen-bond donors (Lipinski definition) is 0. The SMILES string of the molecule is c1ccc(-c2ccc(-c3ccccc3)n2-c2ccc(-c3ccc4c(-c5cccc6ccccc56)c5ccccc5c(-c5cccc6ccccc56)c4c3)nc2)cc1. The topological polar surface area (TPSA) is 17.8 Å². The average Bonchev–Trinajstić information content (AvgIpc) is 3.74. The molecule has 0 saturated carbocycles. The summed E-state index contributed by atoms with van der Waals surface area (Å²) in [5.74, 6) is 0. The molecule has 0 N–H and O–H groups in total. The summed E-state index contributed by atoms with van der Waals surface area (Å²) in [5.41, 5.74) is 12.6. The summed E-state index contributed by atoms with van der Waals surface area (Å²) in [5, 5.41) is 9.87. The van der Waals surface area contributed by atoms with Crippen LogP contribution in [0.3, 0.4) is 0 Å². The third-order valence-corrected chi connectivity index (χ3v) is 11.5. The van der Waals surface area contributed by atoms with E-state index in [1.165, 1.54) is 65.3 Å². The van der Waals surface area contributed by atoms with Crippen molar-refractivity contribution >= 4 is 43.1 Å². The van der Waals surface area contributed by atoms with Crippen molar-refractivity contribution in [1.29, 1.82) is 0 Å². The van der Waals surface area contributed by atoms with Crippen LogP contribution in [-0.4, -0.2) is 9.55 Å². The molecule has 0 atom stereocenters. The van der Waals surface area contributed by atoms with E-state index in [2.05, 4.69) is 217 Å². The first-order valence-corrected chi connectivity index (χ1v) is 19.5. The van der Waals surface area contributed by atoms with E-state index in [4.69, 9.17) is 4.98 Å². The van der Waals surface area contributed by atoms with E-state index in [0.717, 1.165) is 39.5 Å². The molecule has 11 rings (SSSR count). The van der Waals surface area contributed by atoms with Gasteiger partial charge in [-0.1, -0.05) is 182 Å². The zero-order chi connectivity index (χ0) is 37.7. The highest BCUT2D eigenvalue weighted by Gasteiger charge is 2.20. The van der Waals surface area contributed by atoms with Crippen molar-refractivity contribution in [2.24, 2.45) is 0 Å². The van der Waals surface area contributed by atoms with Crippen molar-refractivity contribution in [3.8, 4) is 61.7 Å². The lowest BCUT2D eigenvalue weighted by molar-refractivity contribution is 1.07. The van der Waals surface area contributed by atoms with Gasteiger partial charge < -0.3 is 4.57 Å². The standard InChI is InChI=1S/C55H36N2/c1-3-17-39(18-4-1)52-33-34-53(40-19-5-2-6-20-40)57(52)42-30-32-51(56-36-42)41-29-31-49-50(35-41)55(46-28-14-22-38-16-8-10-24-44(38)46)48-26-12-11-25-47(48)54(49)45-27-13-21-37-15-7-9-23-43(37)45/h1-36H. The van der Waals surface area contributed by atoms with Crippen LogP contribution in [0.5, 0.6) is 0 Å². The maximum atomic E-state index is 5.20. The van der Waals surface area contributed by atoms with E-state index in [1.807, 2.05) is 6.20 Å². The van der Waals surface area contributed by atoms with Gasteiger partial charge in [0.05, 0.1) is 29.0 Å². The van der Waals surface area contributed by atoms with Crippen LogP contribution < -0.4 is 0 Å². The van der Waals surface area contributed by atoms with Gasteiger partial charge in [-0.15, -0.1) is 0 Å². The van der Waals surface area contributed by atoms with Gasteiger partial charge in [0.25, 0.3) is 0 Å². The molecule has 0 saturated heterocycles. The van der Waals surface area contributed by atoms with Crippen molar-refractivity contribution in [2.75, 3.05) is 0 Å². The molecule has 0 unspecified atom stereocenters. The van der Waals surface area contributed by atoms with Crippen LogP contribution in [0.15, 0.2) is 219 Å². The number of aromatic nitrogens is 2. The Morgan fingerprint density at radius 1 is 0.316 bits per heavy atom. The molecule has 0 aliphatic rings. The summed E-state index contributed by atoms with van der Waals surface area (Å²) in [7, 11) is 0. The predicted molar refractivity (Wildman–Crippen MR) is 241 cm³/mol. The molecule has 0 aliphatic heterocycles. The summed E-state index contributed by atoms with van der Waals surface area (Å²) in [6.45, 7) is 0. The summed E-state index contributed by atoms with van der Waals surface area (Å²) >= 11 is 0. The molecule has 11 aromatic rings. The number of nitrogens with zero attached hydrogens (tertiary/aromatic N) is 2. The first-order valence-electron chi connectivity index (χ1n) is 19.5. The van der Waals surface area contributed by atoms with Crippen LogP contribution in [0, 0.1) is 0 Å². The number of benzene rings is 9. The molecule has 0 aliphatic carbocycles. The molecule has 266 valence electrons. The summed E-state index contributed by atoms with van der Waals surface area (Å²) in [6, 6.07) is 76.7. The molecule has 2 heterocycles. The van der Waals surface area contributed by atoms with Crippen molar-refractivity contribution in [3.63, 3.8) is 0 Å². The molecule has 0 amide bonds. The first kappa shape index (κ1) is 32.8. The van der Waals surface area contributed by atoms with E-state index in [1.54, 1.807) is 0 Å². The van der Waals surface area contributed by atoms with Crippen LogP contribution >= 0.6 is 0 Å². The molecule has 9 aromatic carbocycles. The van der Waals surface area contributed by atoms with Crippen molar-refractivity contribution in [2.45, 2.75) is 0 Å². The Kier molecular flexibility index (Phi) is 7.86. The highest BCUT2D eigenvalue weighted by Crippen LogP contribution is 2.47. The number of rotatable bonds is 6. The zero-order valence-corrected chi connectivity index (χ0v) is 31.2. The number of pyridine rings is 1. The lowest BCUT2D eigenvalue weighted by atomic mass is 9.83. The largest absolute Gasteiger partial charge is 0.308 e. The van der Waals surface area contributed by atoms with Crippen molar-refractivity contribution in [1.82, 2.24) is 9.55 Å². The van der Waals surface area contributed by atoms with Crippen LogP contribution in [0.2, 0.25) is 0 Å². The number of hydrogen-bond acceptors (Lipinski definition) is 1. The lowest BCUT2D eigenvalue weighted by Crippen LogP contribution is -2.00. The van der Waals surface area contributed by atoms with Crippen LogP contribution in [-0.2, 0) is 0 Å². The van der Waals surface area contributed by atoms with Gasteiger partial charge in [-0.25, -0.2) is 0 Å². The minimum Gasteiger partial charge on any atom is -0.308 e. The van der Waals surface area contributed by atoms with Gasteiger partial charge in [0.15, 0.2) is 0 Å². The minimum atomic E-state index is 0.930. The molecule has 0 radical (unpaired) electrons. The summed E-state index contributed by atoms with van der Waals surface area (Å²) in [4.78, 5) is 5.20. The van der Waals surface area contributed by atoms with Gasteiger partial charge in [0.1, 0.15) is 0 Å². The van der Waals surface area contributed by atoms with Crippen LogP contribution in [0.4, 0.5) is 0 Å². The molecule has 2 nitrogen and oxygen atoms in total. The molecule has 0 bridgehead atoms. The summed E-state index contributed by atoms with van der Waals surface area (Å²) < 4.78 is 2.32. The maximum absolute atomic E-state index is 5.20. The van der Waals surface area contributed by atoms with Gasteiger partial charge in [0.2, 0.25) is 0 Å². The van der Waals surface area contributed by atoms with E-state index >= 15 is 0 Å². The lowest BCUT2D eigenvalue weighted by Gasteiger charge is -2.20. The first-order chi connectivity index (χ1) is 28.3. The van der Waals surface area contributed by atoms with E-state index in [9.17, 15) is 0 Å². The second-order valence-corrected chi connectivity index (χ2v) is 14.7. The highest BCUT2D eigenvalue weighted by atomic mass is 15.0. The number of fused-ring (bicyclic) bond motifs is 4. The minimum absolute atomic E-state index is 0.930. The molecule has 2 heteroatoms. The molecular formula is C55H36N2. The smallest absolute Gasteiger partial charge is 0.0703 e. The third kappa shape index (κ3) is 5.53. The zero-order valence-electron chi connectivity index (χ0n) is 31.2. The molecule has 57 heavy (non-hydrogen) atoms.